The summed E-state index contributed by atoms with van der Waals surface area (Å²) in [4.78, 5) is 10.7. The summed E-state index contributed by atoms with van der Waals surface area (Å²) in [5.74, 6) is -1.13. The lowest BCUT2D eigenvalue weighted by Gasteiger charge is -2.04. The molecule has 0 spiro atoms. The largest absolute Gasteiger partial charge is 0.481 e. The lowest BCUT2D eigenvalue weighted by atomic mass is 10.0. The SMILES string of the molecule is CCc1cn(C)nc1CC(C)C(=O)O. The van der Waals surface area contributed by atoms with Crippen molar-refractivity contribution in [3.05, 3.63) is 17.5 Å². The molecule has 0 aliphatic rings. The summed E-state index contributed by atoms with van der Waals surface area (Å²) in [6.07, 6.45) is 3.36. The van der Waals surface area contributed by atoms with Gasteiger partial charge in [-0.3, -0.25) is 9.48 Å². The average molecular weight is 196 g/mol. The van der Waals surface area contributed by atoms with Crippen molar-refractivity contribution < 1.29 is 9.90 Å². The van der Waals surface area contributed by atoms with Crippen molar-refractivity contribution in [2.75, 3.05) is 0 Å². The Morgan fingerprint density at radius 1 is 1.71 bits per heavy atom. The van der Waals surface area contributed by atoms with E-state index in [4.69, 9.17) is 5.11 Å². The molecule has 78 valence electrons. The maximum Gasteiger partial charge on any atom is 0.306 e. The molecular formula is C10H16N2O2. The molecule has 0 radical (unpaired) electrons. The van der Waals surface area contributed by atoms with Crippen molar-refractivity contribution in [2.45, 2.75) is 26.7 Å². The zero-order valence-electron chi connectivity index (χ0n) is 8.82. The summed E-state index contributed by atoms with van der Waals surface area (Å²) in [5.41, 5.74) is 2.05. The third-order valence-corrected chi connectivity index (χ3v) is 2.29. The second kappa shape index (κ2) is 4.26. The van der Waals surface area contributed by atoms with Crippen LogP contribution < -0.4 is 0 Å². The third kappa shape index (κ3) is 2.34. The third-order valence-electron chi connectivity index (χ3n) is 2.29. The molecule has 0 aliphatic heterocycles. The summed E-state index contributed by atoms with van der Waals surface area (Å²) >= 11 is 0. The first-order valence-corrected chi connectivity index (χ1v) is 4.78. The highest BCUT2D eigenvalue weighted by molar-refractivity contribution is 5.69. The molecule has 1 unspecified atom stereocenters. The lowest BCUT2D eigenvalue weighted by Crippen LogP contribution is -2.13. The molecule has 0 fully saturated rings. The van der Waals surface area contributed by atoms with Gasteiger partial charge in [-0.1, -0.05) is 13.8 Å². The van der Waals surface area contributed by atoms with E-state index in [1.807, 2.05) is 20.2 Å². The smallest absolute Gasteiger partial charge is 0.306 e. The quantitative estimate of drug-likeness (QED) is 0.788. The number of carbonyl (C=O) groups is 1. The van der Waals surface area contributed by atoms with E-state index in [0.29, 0.717) is 6.42 Å². The lowest BCUT2D eigenvalue weighted by molar-refractivity contribution is -0.141. The van der Waals surface area contributed by atoms with Crippen LogP contribution in [0.1, 0.15) is 25.1 Å². The maximum atomic E-state index is 10.7. The molecule has 1 N–H and O–H groups in total. The first-order valence-electron chi connectivity index (χ1n) is 4.78. The van der Waals surface area contributed by atoms with E-state index in [2.05, 4.69) is 5.10 Å². The van der Waals surface area contributed by atoms with E-state index >= 15 is 0 Å². The summed E-state index contributed by atoms with van der Waals surface area (Å²) in [6, 6.07) is 0. The first-order chi connectivity index (χ1) is 6.54. The zero-order valence-corrected chi connectivity index (χ0v) is 8.82. The molecule has 4 heteroatoms. The van der Waals surface area contributed by atoms with Crippen LogP contribution in [0.3, 0.4) is 0 Å². The Bertz CT molecular complexity index is 331. The molecular weight excluding hydrogens is 180 g/mol. The molecule has 0 amide bonds. The zero-order chi connectivity index (χ0) is 10.7. The Balaban J connectivity index is 2.79. The van der Waals surface area contributed by atoms with Crippen LogP contribution in [0.2, 0.25) is 0 Å². The number of aliphatic carboxylic acids is 1. The number of carboxylic acids is 1. The van der Waals surface area contributed by atoms with E-state index in [1.165, 1.54) is 0 Å². The van der Waals surface area contributed by atoms with E-state index in [9.17, 15) is 4.79 Å². The van der Waals surface area contributed by atoms with E-state index < -0.39 is 5.97 Å². The normalized spacial score (nSPS) is 12.8. The molecule has 4 nitrogen and oxygen atoms in total. The summed E-state index contributed by atoms with van der Waals surface area (Å²) in [5, 5.41) is 13.0. The van der Waals surface area contributed by atoms with Crippen molar-refractivity contribution in [1.29, 1.82) is 0 Å². The summed E-state index contributed by atoms with van der Waals surface area (Å²) in [6.45, 7) is 3.75. The molecule has 1 atom stereocenters. The molecule has 1 rings (SSSR count). The molecule has 0 aromatic carbocycles. The van der Waals surface area contributed by atoms with E-state index in [1.54, 1.807) is 11.6 Å². The Morgan fingerprint density at radius 3 is 2.86 bits per heavy atom. The molecule has 1 aromatic heterocycles. The molecule has 1 heterocycles. The maximum absolute atomic E-state index is 10.7. The minimum Gasteiger partial charge on any atom is -0.481 e. The van der Waals surface area contributed by atoms with Gasteiger partial charge in [-0.25, -0.2) is 0 Å². The fourth-order valence-corrected chi connectivity index (χ4v) is 1.43. The Morgan fingerprint density at radius 2 is 2.36 bits per heavy atom. The van der Waals surface area contributed by atoms with Crippen LogP contribution in [0.25, 0.3) is 0 Å². The molecule has 14 heavy (non-hydrogen) atoms. The molecule has 0 aliphatic carbocycles. The van der Waals surface area contributed by atoms with E-state index in [0.717, 1.165) is 17.7 Å². The molecule has 0 bridgehead atoms. The van der Waals surface area contributed by atoms with Crippen LogP contribution >= 0.6 is 0 Å². The van der Waals surface area contributed by atoms with Gasteiger partial charge in [0.1, 0.15) is 0 Å². The van der Waals surface area contributed by atoms with Gasteiger partial charge in [0.25, 0.3) is 0 Å². The Hall–Kier alpha value is -1.32. The Kier molecular flexibility index (Phi) is 3.28. The number of rotatable bonds is 4. The Labute approximate surface area is 83.5 Å². The first kappa shape index (κ1) is 10.8. The number of hydrogen-bond donors (Lipinski definition) is 1. The summed E-state index contributed by atoms with van der Waals surface area (Å²) in [7, 11) is 1.86. The van der Waals surface area contributed by atoms with Crippen LogP contribution in [0.15, 0.2) is 6.20 Å². The van der Waals surface area contributed by atoms with Crippen molar-refractivity contribution in [3.8, 4) is 0 Å². The minimum absolute atomic E-state index is 0.366. The van der Waals surface area contributed by atoms with Crippen LogP contribution in [-0.4, -0.2) is 20.9 Å². The van der Waals surface area contributed by atoms with E-state index in [-0.39, 0.29) is 5.92 Å². The number of carboxylic acid groups (broad SMARTS) is 1. The standard InChI is InChI=1S/C10H16N2O2/c1-4-8-6-12(3)11-9(8)5-7(2)10(13)14/h6-7H,4-5H2,1-3H3,(H,13,14). The summed E-state index contributed by atoms with van der Waals surface area (Å²) < 4.78 is 1.74. The fraction of sp³-hybridized carbons (Fsp3) is 0.600. The number of nitrogens with zero attached hydrogens (tertiary/aromatic N) is 2. The van der Waals surface area contributed by atoms with Gasteiger partial charge in [-0.05, 0) is 12.0 Å². The second-order valence-electron chi connectivity index (χ2n) is 3.57. The van der Waals surface area contributed by atoms with Gasteiger partial charge >= 0.3 is 5.97 Å². The van der Waals surface area contributed by atoms with Gasteiger partial charge in [-0.2, -0.15) is 5.10 Å². The topological polar surface area (TPSA) is 55.1 Å². The predicted molar refractivity (Wildman–Crippen MR) is 53.1 cm³/mol. The second-order valence-corrected chi connectivity index (χ2v) is 3.57. The van der Waals surface area contributed by atoms with Gasteiger partial charge in [0.15, 0.2) is 0 Å². The van der Waals surface area contributed by atoms with Crippen LogP contribution in [0, 0.1) is 5.92 Å². The monoisotopic (exact) mass is 196 g/mol. The van der Waals surface area contributed by atoms with Gasteiger partial charge in [0.05, 0.1) is 11.6 Å². The number of aryl methyl sites for hydroxylation is 2. The van der Waals surface area contributed by atoms with Gasteiger partial charge in [-0.15, -0.1) is 0 Å². The number of aromatic nitrogens is 2. The highest BCUT2D eigenvalue weighted by atomic mass is 16.4. The number of hydrogen-bond acceptors (Lipinski definition) is 2. The molecule has 1 aromatic rings. The average Bonchev–Trinajstić information content (AvgIpc) is 2.45. The molecule has 0 saturated carbocycles. The molecule has 0 saturated heterocycles. The van der Waals surface area contributed by atoms with Crippen molar-refractivity contribution in [1.82, 2.24) is 9.78 Å². The highest BCUT2D eigenvalue weighted by Gasteiger charge is 2.15. The van der Waals surface area contributed by atoms with Crippen molar-refractivity contribution in [2.24, 2.45) is 13.0 Å². The predicted octanol–water partition coefficient (Wildman–Crippen LogP) is 1.25. The fourth-order valence-electron chi connectivity index (χ4n) is 1.43. The van der Waals surface area contributed by atoms with Crippen molar-refractivity contribution >= 4 is 5.97 Å². The van der Waals surface area contributed by atoms with Gasteiger partial charge in [0, 0.05) is 19.7 Å². The van der Waals surface area contributed by atoms with Crippen molar-refractivity contribution in [3.63, 3.8) is 0 Å². The van der Waals surface area contributed by atoms with Crippen LogP contribution in [0.5, 0.6) is 0 Å². The minimum atomic E-state index is -0.766. The van der Waals surface area contributed by atoms with Gasteiger partial charge in [0.2, 0.25) is 0 Å². The van der Waals surface area contributed by atoms with Crippen LogP contribution in [0.4, 0.5) is 0 Å². The highest BCUT2D eigenvalue weighted by Crippen LogP contribution is 2.12. The van der Waals surface area contributed by atoms with Gasteiger partial charge < -0.3 is 5.11 Å². The van der Waals surface area contributed by atoms with Crippen LogP contribution in [-0.2, 0) is 24.7 Å².